The minimum atomic E-state index is 0.354. The van der Waals surface area contributed by atoms with E-state index in [1.54, 1.807) is 0 Å². The van der Waals surface area contributed by atoms with Crippen molar-refractivity contribution >= 4 is 21.6 Å². The first-order valence-electron chi connectivity index (χ1n) is 6.53. The average molecular weight is 319 g/mol. The second-order valence-electron chi connectivity index (χ2n) is 4.59. The largest absolute Gasteiger partial charge is 0.398 e. The molecule has 0 aliphatic heterocycles. The number of rotatable bonds is 5. The Hall–Kier alpha value is -1.32. The summed E-state index contributed by atoms with van der Waals surface area (Å²) in [6.07, 6.45) is 1.05. The molecule has 0 saturated carbocycles. The van der Waals surface area contributed by atoms with Crippen LogP contribution in [0.5, 0.6) is 0 Å². The summed E-state index contributed by atoms with van der Waals surface area (Å²) in [4.78, 5) is 0. The monoisotopic (exact) mass is 318 g/mol. The summed E-state index contributed by atoms with van der Waals surface area (Å²) in [6, 6.07) is 16.8. The van der Waals surface area contributed by atoms with E-state index in [0.29, 0.717) is 6.04 Å². The molecule has 0 saturated heterocycles. The van der Waals surface area contributed by atoms with Gasteiger partial charge in [0.2, 0.25) is 0 Å². The van der Waals surface area contributed by atoms with Gasteiger partial charge in [-0.15, -0.1) is 0 Å². The van der Waals surface area contributed by atoms with Gasteiger partial charge in [0.05, 0.1) is 0 Å². The van der Waals surface area contributed by atoms with Crippen molar-refractivity contribution in [2.45, 2.75) is 25.9 Å². The second-order valence-corrected chi connectivity index (χ2v) is 5.51. The lowest BCUT2D eigenvalue weighted by Gasteiger charge is -2.18. The molecule has 3 heteroatoms. The highest BCUT2D eigenvalue weighted by Gasteiger charge is 2.09. The lowest BCUT2D eigenvalue weighted by atomic mass is 10.0. The number of hydrogen-bond acceptors (Lipinski definition) is 2. The average Bonchev–Trinajstić information content (AvgIpc) is 2.43. The van der Waals surface area contributed by atoms with Gasteiger partial charge in [-0.05, 0) is 35.7 Å². The molecule has 0 aromatic heterocycles. The van der Waals surface area contributed by atoms with E-state index in [1.165, 1.54) is 5.56 Å². The zero-order valence-electron chi connectivity index (χ0n) is 11.1. The van der Waals surface area contributed by atoms with Crippen LogP contribution in [0.1, 0.15) is 30.5 Å². The molecule has 0 fully saturated rings. The summed E-state index contributed by atoms with van der Waals surface area (Å²) >= 11 is 3.46. The third-order valence-electron chi connectivity index (χ3n) is 3.27. The number of nitrogens with two attached hydrogens (primary N) is 1. The summed E-state index contributed by atoms with van der Waals surface area (Å²) in [5.41, 5.74) is 9.27. The van der Waals surface area contributed by atoms with E-state index < -0.39 is 0 Å². The van der Waals surface area contributed by atoms with E-state index in [-0.39, 0.29) is 0 Å². The highest BCUT2D eigenvalue weighted by atomic mass is 79.9. The zero-order chi connectivity index (χ0) is 13.7. The quantitative estimate of drug-likeness (QED) is 0.808. The Kier molecular flexibility index (Phi) is 5.00. The van der Waals surface area contributed by atoms with Crippen molar-refractivity contribution in [2.24, 2.45) is 0 Å². The molecule has 3 N–H and O–H groups in total. The molecule has 0 radical (unpaired) electrons. The Balaban J connectivity index is 2.04. The molecule has 0 heterocycles. The van der Waals surface area contributed by atoms with E-state index in [4.69, 9.17) is 5.73 Å². The number of nitrogens with one attached hydrogen (secondary N) is 1. The standard InChI is InChI=1S/C16H19BrN2/c1-2-16(12-7-9-14(17)10-8-12)19-11-13-5-3-4-6-15(13)18/h3-10,16,19H,2,11,18H2,1H3. The summed E-state index contributed by atoms with van der Waals surface area (Å²) in [5, 5.41) is 3.57. The molecule has 2 aromatic carbocycles. The number of hydrogen-bond donors (Lipinski definition) is 2. The van der Waals surface area contributed by atoms with Crippen molar-refractivity contribution < 1.29 is 0 Å². The normalized spacial score (nSPS) is 12.3. The summed E-state index contributed by atoms with van der Waals surface area (Å²) in [6.45, 7) is 2.98. The van der Waals surface area contributed by atoms with Crippen LogP contribution >= 0.6 is 15.9 Å². The number of nitrogen functional groups attached to an aromatic ring is 1. The molecule has 1 unspecified atom stereocenters. The topological polar surface area (TPSA) is 38.0 Å². The second kappa shape index (κ2) is 6.73. The van der Waals surface area contributed by atoms with Crippen LogP contribution in [0.25, 0.3) is 0 Å². The van der Waals surface area contributed by atoms with Crippen molar-refractivity contribution in [2.75, 3.05) is 5.73 Å². The molecular weight excluding hydrogens is 300 g/mol. The van der Waals surface area contributed by atoms with Crippen LogP contribution in [0.3, 0.4) is 0 Å². The molecule has 100 valence electrons. The van der Waals surface area contributed by atoms with Gasteiger partial charge in [0.1, 0.15) is 0 Å². The van der Waals surface area contributed by atoms with E-state index in [9.17, 15) is 0 Å². The Morgan fingerprint density at radius 2 is 1.79 bits per heavy atom. The first kappa shape index (κ1) is 14.1. The molecule has 19 heavy (non-hydrogen) atoms. The van der Waals surface area contributed by atoms with Crippen molar-refractivity contribution in [3.8, 4) is 0 Å². The predicted molar refractivity (Wildman–Crippen MR) is 84.9 cm³/mol. The van der Waals surface area contributed by atoms with E-state index >= 15 is 0 Å². The van der Waals surface area contributed by atoms with Gasteiger partial charge < -0.3 is 11.1 Å². The van der Waals surface area contributed by atoms with Gasteiger partial charge in [-0.1, -0.05) is 53.2 Å². The maximum absolute atomic E-state index is 5.96. The number of halogens is 1. The fourth-order valence-corrected chi connectivity index (χ4v) is 2.39. The lowest BCUT2D eigenvalue weighted by molar-refractivity contribution is 0.519. The Morgan fingerprint density at radius 3 is 2.42 bits per heavy atom. The van der Waals surface area contributed by atoms with Gasteiger partial charge in [-0.3, -0.25) is 0 Å². The fourth-order valence-electron chi connectivity index (χ4n) is 2.12. The minimum absolute atomic E-state index is 0.354. The SMILES string of the molecule is CCC(NCc1ccccc1N)c1ccc(Br)cc1. The number of anilines is 1. The smallest absolute Gasteiger partial charge is 0.0359 e. The summed E-state index contributed by atoms with van der Waals surface area (Å²) < 4.78 is 1.11. The van der Waals surface area contributed by atoms with Crippen LogP contribution in [0.2, 0.25) is 0 Å². The molecule has 0 spiro atoms. The van der Waals surface area contributed by atoms with Crippen LogP contribution in [0.15, 0.2) is 53.0 Å². The van der Waals surface area contributed by atoms with Gasteiger partial charge in [0.25, 0.3) is 0 Å². The van der Waals surface area contributed by atoms with Crippen molar-refractivity contribution in [3.05, 3.63) is 64.1 Å². The van der Waals surface area contributed by atoms with Crippen molar-refractivity contribution in [1.82, 2.24) is 5.32 Å². The van der Waals surface area contributed by atoms with Crippen LogP contribution < -0.4 is 11.1 Å². The van der Waals surface area contributed by atoms with Crippen LogP contribution in [-0.2, 0) is 6.54 Å². The fraction of sp³-hybridized carbons (Fsp3) is 0.250. The van der Waals surface area contributed by atoms with Crippen LogP contribution in [0.4, 0.5) is 5.69 Å². The number of para-hydroxylation sites is 1. The van der Waals surface area contributed by atoms with Crippen molar-refractivity contribution in [1.29, 1.82) is 0 Å². The summed E-state index contributed by atoms with van der Waals surface area (Å²) in [7, 11) is 0. The first-order valence-corrected chi connectivity index (χ1v) is 7.32. The third kappa shape index (κ3) is 3.82. The molecule has 0 aliphatic carbocycles. The lowest BCUT2D eigenvalue weighted by Crippen LogP contribution is -2.20. The maximum Gasteiger partial charge on any atom is 0.0359 e. The van der Waals surface area contributed by atoms with Crippen LogP contribution in [-0.4, -0.2) is 0 Å². The Morgan fingerprint density at radius 1 is 1.11 bits per heavy atom. The molecule has 0 bridgehead atoms. The molecule has 2 rings (SSSR count). The van der Waals surface area contributed by atoms with E-state index in [0.717, 1.165) is 28.7 Å². The van der Waals surface area contributed by atoms with Gasteiger partial charge in [-0.2, -0.15) is 0 Å². The molecular formula is C16H19BrN2. The first-order chi connectivity index (χ1) is 9.20. The van der Waals surface area contributed by atoms with E-state index in [2.05, 4.69) is 58.5 Å². The number of benzene rings is 2. The van der Waals surface area contributed by atoms with Crippen LogP contribution in [0, 0.1) is 0 Å². The van der Waals surface area contributed by atoms with Gasteiger partial charge in [0, 0.05) is 22.7 Å². The Labute approximate surface area is 123 Å². The third-order valence-corrected chi connectivity index (χ3v) is 3.80. The Bertz CT molecular complexity index is 523. The molecule has 0 aliphatic rings. The maximum atomic E-state index is 5.96. The highest BCUT2D eigenvalue weighted by Crippen LogP contribution is 2.20. The van der Waals surface area contributed by atoms with Gasteiger partial charge in [-0.25, -0.2) is 0 Å². The molecule has 1 atom stereocenters. The summed E-state index contributed by atoms with van der Waals surface area (Å²) in [5.74, 6) is 0. The van der Waals surface area contributed by atoms with E-state index in [1.807, 2.05) is 18.2 Å². The van der Waals surface area contributed by atoms with Gasteiger partial charge in [0.15, 0.2) is 0 Å². The molecule has 2 nitrogen and oxygen atoms in total. The molecule has 2 aromatic rings. The predicted octanol–water partition coefficient (Wildman–Crippen LogP) is 4.27. The zero-order valence-corrected chi connectivity index (χ0v) is 12.7. The van der Waals surface area contributed by atoms with Crippen molar-refractivity contribution in [3.63, 3.8) is 0 Å². The highest BCUT2D eigenvalue weighted by molar-refractivity contribution is 9.10. The minimum Gasteiger partial charge on any atom is -0.398 e. The van der Waals surface area contributed by atoms with Gasteiger partial charge >= 0.3 is 0 Å². The molecule has 0 amide bonds.